The van der Waals surface area contributed by atoms with Crippen molar-refractivity contribution in [3.8, 4) is 5.75 Å². The van der Waals surface area contributed by atoms with Crippen LogP contribution in [0.2, 0.25) is 0 Å². The number of fused-ring (bicyclic) bond motifs is 4. The number of amides is 1. The van der Waals surface area contributed by atoms with E-state index in [2.05, 4.69) is 29.3 Å². The Labute approximate surface area is 161 Å². The maximum atomic E-state index is 13.0. The molecule has 1 aromatic heterocycles. The minimum Gasteiger partial charge on any atom is -0.502 e. The lowest BCUT2D eigenvalue weighted by Gasteiger charge is -2.52. The van der Waals surface area contributed by atoms with E-state index in [1.165, 1.54) is 11.6 Å². The maximum absolute atomic E-state index is 13.0. The van der Waals surface area contributed by atoms with Crippen LogP contribution in [-0.2, 0) is 6.42 Å². The van der Waals surface area contributed by atoms with E-state index < -0.39 is 11.2 Å². The molecule has 2 aliphatic rings. The van der Waals surface area contributed by atoms with Gasteiger partial charge in [0.15, 0.2) is 11.4 Å². The van der Waals surface area contributed by atoms with E-state index in [0.29, 0.717) is 6.42 Å². The van der Waals surface area contributed by atoms with Gasteiger partial charge in [-0.1, -0.05) is 54.6 Å². The third-order valence-electron chi connectivity index (χ3n) is 5.71. The van der Waals surface area contributed by atoms with Gasteiger partial charge >= 0.3 is 0 Å². The van der Waals surface area contributed by atoms with Crippen molar-refractivity contribution in [3.63, 3.8) is 0 Å². The molecular formula is C22H19N3O3. The van der Waals surface area contributed by atoms with Crippen molar-refractivity contribution < 1.29 is 9.90 Å². The molecule has 6 heteroatoms. The Bertz CT molecular complexity index is 1140. The molecule has 1 N–H and O–H groups in total. The first-order valence-electron chi connectivity index (χ1n) is 9.21. The van der Waals surface area contributed by atoms with Crippen molar-refractivity contribution in [2.75, 3.05) is 12.1 Å². The first kappa shape index (κ1) is 16.6. The highest BCUT2D eigenvalue weighted by molar-refractivity contribution is 5.96. The Morgan fingerprint density at radius 3 is 2.46 bits per heavy atom. The number of rotatable bonds is 1. The minimum absolute atomic E-state index is 0.00608. The molecule has 5 rings (SSSR count). The number of aromatic hydroxyl groups is 1. The highest BCUT2D eigenvalue weighted by Gasteiger charge is 2.44. The summed E-state index contributed by atoms with van der Waals surface area (Å²) in [6, 6.07) is 19.4. The summed E-state index contributed by atoms with van der Waals surface area (Å²) in [4.78, 5) is 26.6. The molecule has 3 heterocycles. The van der Waals surface area contributed by atoms with Gasteiger partial charge in [-0.15, -0.1) is 0 Å². The fraction of sp³-hybridized carbons (Fsp3) is 0.182. The highest BCUT2D eigenvalue weighted by atomic mass is 16.3. The molecular weight excluding hydrogens is 354 g/mol. The second-order valence-electron chi connectivity index (χ2n) is 7.21. The number of hydrogen-bond donors (Lipinski definition) is 1. The Kier molecular flexibility index (Phi) is 3.55. The zero-order valence-electron chi connectivity index (χ0n) is 15.3. The summed E-state index contributed by atoms with van der Waals surface area (Å²) in [5.41, 5.74) is 2.86. The summed E-state index contributed by atoms with van der Waals surface area (Å²) in [6.45, 7) is 0. The van der Waals surface area contributed by atoms with Crippen LogP contribution in [0.15, 0.2) is 71.7 Å². The number of carbonyl (C=O) groups excluding carboxylic acids is 1. The summed E-state index contributed by atoms with van der Waals surface area (Å²) < 4.78 is 1.65. The van der Waals surface area contributed by atoms with Crippen molar-refractivity contribution in [2.24, 2.45) is 0 Å². The second-order valence-corrected chi connectivity index (χ2v) is 7.21. The van der Waals surface area contributed by atoms with Crippen LogP contribution in [0.3, 0.4) is 0 Å². The number of aromatic nitrogens is 1. The van der Waals surface area contributed by atoms with Gasteiger partial charge in [0.05, 0.1) is 6.04 Å². The third kappa shape index (κ3) is 2.21. The molecule has 3 aromatic rings. The standard InChI is InChI=1S/C22H19N3O3/c1-23-18-13-15-9-5-6-10-16(15)19(14-7-3-2-4-8-14)25(18)24-12-11-17(26)21(27)20(24)22(23)28/h2-12,18-19,27H,13H2,1H3/t18-,19+/m1/s1. The molecule has 2 aromatic carbocycles. The Balaban J connectivity index is 1.82. The van der Waals surface area contributed by atoms with Crippen molar-refractivity contribution in [2.45, 2.75) is 18.6 Å². The van der Waals surface area contributed by atoms with Gasteiger partial charge in [-0.05, 0) is 16.7 Å². The molecule has 0 radical (unpaired) electrons. The van der Waals surface area contributed by atoms with Crippen LogP contribution in [0.1, 0.15) is 33.2 Å². The van der Waals surface area contributed by atoms with Crippen LogP contribution < -0.4 is 10.4 Å². The predicted molar refractivity (Wildman–Crippen MR) is 105 cm³/mol. The van der Waals surface area contributed by atoms with Crippen LogP contribution in [0.4, 0.5) is 0 Å². The first-order chi connectivity index (χ1) is 13.6. The molecule has 0 bridgehead atoms. The molecule has 0 saturated carbocycles. The zero-order valence-corrected chi connectivity index (χ0v) is 15.3. The predicted octanol–water partition coefficient (Wildman–Crippen LogP) is 2.25. The van der Waals surface area contributed by atoms with E-state index in [1.807, 2.05) is 30.3 Å². The van der Waals surface area contributed by atoms with Gasteiger partial charge in [-0.3, -0.25) is 19.3 Å². The normalized spacial score (nSPS) is 20.4. The molecule has 0 aliphatic carbocycles. The van der Waals surface area contributed by atoms with Crippen LogP contribution >= 0.6 is 0 Å². The number of benzene rings is 2. The zero-order chi connectivity index (χ0) is 19.4. The quantitative estimate of drug-likeness (QED) is 0.711. The van der Waals surface area contributed by atoms with Gasteiger partial charge in [-0.2, -0.15) is 0 Å². The van der Waals surface area contributed by atoms with Crippen molar-refractivity contribution in [1.82, 2.24) is 9.58 Å². The van der Waals surface area contributed by atoms with Crippen LogP contribution in [-0.4, -0.2) is 33.8 Å². The van der Waals surface area contributed by atoms with Gasteiger partial charge in [0.25, 0.3) is 5.91 Å². The SMILES string of the molecule is CN1C(=O)c2c(O)c(=O)ccn2N2[C@@H](c3ccccc3)c3ccccc3C[C@H]12. The maximum Gasteiger partial charge on any atom is 0.277 e. The topological polar surface area (TPSA) is 65.8 Å². The molecule has 1 amide bonds. The number of nitrogens with zero attached hydrogens (tertiary/aromatic N) is 3. The lowest BCUT2D eigenvalue weighted by molar-refractivity contribution is 0.0606. The number of hydrogen-bond acceptors (Lipinski definition) is 4. The summed E-state index contributed by atoms with van der Waals surface area (Å²) in [5.74, 6) is -0.869. The average Bonchev–Trinajstić information content (AvgIpc) is 2.73. The van der Waals surface area contributed by atoms with E-state index in [1.54, 1.807) is 22.8 Å². The lowest BCUT2D eigenvalue weighted by atomic mass is 9.87. The summed E-state index contributed by atoms with van der Waals surface area (Å²) in [7, 11) is 1.72. The van der Waals surface area contributed by atoms with E-state index in [-0.39, 0.29) is 23.8 Å². The van der Waals surface area contributed by atoms with Gasteiger partial charge in [-0.25, -0.2) is 0 Å². The van der Waals surface area contributed by atoms with Crippen LogP contribution in [0.5, 0.6) is 5.75 Å². The van der Waals surface area contributed by atoms with E-state index in [0.717, 1.165) is 11.1 Å². The average molecular weight is 373 g/mol. The summed E-state index contributed by atoms with van der Waals surface area (Å²) in [5, 5.41) is 12.4. The van der Waals surface area contributed by atoms with E-state index >= 15 is 0 Å². The number of carbonyl (C=O) groups is 1. The lowest BCUT2D eigenvalue weighted by Crippen LogP contribution is -2.63. The molecule has 2 aliphatic heterocycles. The molecule has 2 atom stereocenters. The fourth-order valence-electron chi connectivity index (χ4n) is 4.35. The molecule has 140 valence electrons. The van der Waals surface area contributed by atoms with Crippen LogP contribution in [0, 0.1) is 0 Å². The Hall–Kier alpha value is -3.54. The largest absolute Gasteiger partial charge is 0.502 e. The molecule has 6 nitrogen and oxygen atoms in total. The monoisotopic (exact) mass is 373 g/mol. The number of pyridine rings is 1. The third-order valence-corrected chi connectivity index (χ3v) is 5.71. The number of likely N-dealkylation sites (N-methyl/N-ethyl adjacent to an activating group) is 1. The molecule has 0 unspecified atom stereocenters. The smallest absolute Gasteiger partial charge is 0.277 e. The Morgan fingerprint density at radius 2 is 1.68 bits per heavy atom. The fourth-order valence-corrected chi connectivity index (χ4v) is 4.35. The van der Waals surface area contributed by atoms with E-state index in [4.69, 9.17) is 0 Å². The van der Waals surface area contributed by atoms with Crippen LogP contribution in [0.25, 0.3) is 0 Å². The van der Waals surface area contributed by atoms with Crippen molar-refractivity contribution >= 4 is 5.91 Å². The summed E-state index contributed by atoms with van der Waals surface area (Å²) in [6.07, 6.45) is 2.01. The molecule has 0 fully saturated rings. The first-order valence-corrected chi connectivity index (χ1v) is 9.21. The van der Waals surface area contributed by atoms with Gasteiger partial charge < -0.3 is 10.0 Å². The minimum atomic E-state index is -0.555. The highest BCUT2D eigenvalue weighted by Crippen LogP contribution is 2.40. The van der Waals surface area contributed by atoms with Gasteiger partial charge in [0.1, 0.15) is 6.17 Å². The van der Waals surface area contributed by atoms with Gasteiger partial charge in [0, 0.05) is 25.7 Å². The molecule has 28 heavy (non-hydrogen) atoms. The van der Waals surface area contributed by atoms with E-state index in [9.17, 15) is 14.7 Å². The Morgan fingerprint density at radius 1 is 0.964 bits per heavy atom. The molecule has 0 spiro atoms. The summed E-state index contributed by atoms with van der Waals surface area (Å²) >= 11 is 0. The van der Waals surface area contributed by atoms with Crippen molar-refractivity contribution in [3.05, 3.63) is 99.5 Å². The van der Waals surface area contributed by atoms with Gasteiger partial charge in [0.2, 0.25) is 5.43 Å². The second kappa shape index (κ2) is 5.99. The molecule has 0 saturated heterocycles. The van der Waals surface area contributed by atoms with Crippen molar-refractivity contribution in [1.29, 1.82) is 0 Å².